The molecule has 1 atom stereocenters. The molecule has 0 amide bonds. The summed E-state index contributed by atoms with van der Waals surface area (Å²) < 4.78 is 13.6. The Kier molecular flexibility index (Phi) is 4.64. The van der Waals surface area contributed by atoms with Crippen molar-refractivity contribution in [2.24, 2.45) is 0 Å². The summed E-state index contributed by atoms with van der Waals surface area (Å²) in [6.07, 6.45) is 0. The number of nitrogens with one attached hydrogen (secondary N) is 1. The van der Waals surface area contributed by atoms with Crippen molar-refractivity contribution in [3.63, 3.8) is 0 Å². The Morgan fingerprint density at radius 1 is 1.30 bits per heavy atom. The van der Waals surface area contributed by atoms with Crippen molar-refractivity contribution in [1.29, 1.82) is 5.26 Å². The van der Waals surface area contributed by atoms with Crippen molar-refractivity contribution in [3.05, 3.63) is 62.8 Å². The molecule has 0 saturated heterocycles. The van der Waals surface area contributed by atoms with E-state index in [9.17, 15) is 4.39 Å². The Balaban J connectivity index is 2.19. The molecule has 1 N–H and O–H groups in total. The summed E-state index contributed by atoms with van der Waals surface area (Å²) in [7, 11) is 0. The van der Waals surface area contributed by atoms with Gasteiger partial charge in [0.05, 0.1) is 15.1 Å². The van der Waals surface area contributed by atoms with Gasteiger partial charge in [0.2, 0.25) is 0 Å². The van der Waals surface area contributed by atoms with Crippen molar-refractivity contribution in [1.82, 2.24) is 0 Å². The van der Waals surface area contributed by atoms with E-state index in [1.807, 2.05) is 13.0 Å². The summed E-state index contributed by atoms with van der Waals surface area (Å²) in [5.74, 6) is -0.289. The fourth-order valence-electron chi connectivity index (χ4n) is 1.81. The van der Waals surface area contributed by atoms with Gasteiger partial charge in [0, 0.05) is 11.7 Å². The van der Waals surface area contributed by atoms with Gasteiger partial charge < -0.3 is 5.32 Å². The number of nitrogens with zero attached hydrogens (tertiary/aromatic N) is 1. The lowest BCUT2D eigenvalue weighted by Gasteiger charge is -2.16. The van der Waals surface area contributed by atoms with E-state index in [1.165, 1.54) is 6.07 Å². The summed E-state index contributed by atoms with van der Waals surface area (Å²) in [6.45, 7) is 1.96. The third-order valence-electron chi connectivity index (χ3n) is 2.92. The third kappa shape index (κ3) is 3.30. The molecule has 2 aromatic carbocycles. The fraction of sp³-hybridized carbons (Fsp3) is 0.133. The highest BCUT2D eigenvalue weighted by molar-refractivity contribution is 9.10. The van der Waals surface area contributed by atoms with Gasteiger partial charge in [-0.05, 0) is 58.7 Å². The lowest BCUT2D eigenvalue weighted by atomic mass is 10.1. The largest absolute Gasteiger partial charge is 0.378 e. The summed E-state index contributed by atoms with van der Waals surface area (Å²) in [5, 5.41) is 12.5. The highest BCUT2D eigenvalue weighted by Gasteiger charge is 2.09. The molecule has 0 aliphatic carbocycles. The van der Waals surface area contributed by atoms with E-state index in [-0.39, 0.29) is 11.9 Å². The van der Waals surface area contributed by atoms with E-state index in [0.717, 1.165) is 11.3 Å². The van der Waals surface area contributed by atoms with Gasteiger partial charge >= 0.3 is 0 Å². The van der Waals surface area contributed by atoms with Gasteiger partial charge in [0.1, 0.15) is 11.9 Å². The van der Waals surface area contributed by atoms with Crippen LogP contribution in [0.3, 0.4) is 0 Å². The summed E-state index contributed by atoms with van der Waals surface area (Å²) in [6, 6.07) is 12.0. The van der Waals surface area contributed by atoms with Crippen LogP contribution in [0.2, 0.25) is 5.02 Å². The molecule has 20 heavy (non-hydrogen) atoms. The Hall–Kier alpha value is -1.57. The van der Waals surface area contributed by atoms with Crippen LogP contribution in [0.25, 0.3) is 0 Å². The van der Waals surface area contributed by atoms with Crippen LogP contribution in [-0.4, -0.2) is 0 Å². The molecule has 0 radical (unpaired) electrons. The fourth-order valence-corrected chi connectivity index (χ4v) is 2.43. The van der Waals surface area contributed by atoms with Gasteiger partial charge in [0.15, 0.2) is 0 Å². The Morgan fingerprint density at radius 3 is 2.65 bits per heavy atom. The SMILES string of the molecule is CC(Nc1ccc(C#N)c(Cl)c1)c1ccc(F)c(Br)c1. The first-order valence-corrected chi connectivity index (χ1v) is 7.09. The highest BCUT2D eigenvalue weighted by atomic mass is 79.9. The molecule has 0 saturated carbocycles. The van der Waals surface area contributed by atoms with Crippen molar-refractivity contribution in [2.75, 3.05) is 5.32 Å². The van der Waals surface area contributed by atoms with Gasteiger partial charge in [0.25, 0.3) is 0 Å². The molecule has 0 spiro atoms. The number of nitriles is 1. The van der Waals surface area contributed by atoms with Crippen LogP contribution in [0.4, 0.5) is 10.1 Å². The second kappa shape index (κ2) is 6.25. The minimum Gasteiger partial charge on any atom is -0.378 e. The van der Waals surface area contributed by atoms with Crippen LogP contribution in [0.15, 0.2) is 40.9 Å². The van der Waals surface area contributed by atoms with E-state index in [1.54, 1.807) is 30.3 Å². The summed E-state index contributed by atoms with van der Waals surface area (Å²) in [4.78, 5) is 0. The molecule has 2 rings (SSSR count). The van der Waals surface area contributed by atoms with Gasteiger partial charge in [-0.15, -0.1) is 0 Å². The number of halogens is 3. The van der Waals surface area contributed by atoms with E-state index in [2.05, 4.69) is 21.2 Å². The number of rotatable bonds is 3. The maximum Gasteiger partial charge on any atom is 0.137 e. The first-order chi connectivity index (χ1) is 9.51. The predicted molar refractivity (Wildman–Crippen MR) is 82.3 cm³/mol. The normalized spacial score (nSPS) is 11.8. The molecule has 5 heteroatoms. The Bertz CT molecular complexity index is 682. The van der Waals surface area contributed by atoms with Crippen molar-refractivity contribution in [2.45, 2.75) is 13.0 Å². The first kappa shape index (κ1) is 14.8. The topological polar surface area (TPSA) is 35.8 Å². The number of benzene rings is 2. The average molecular weight is 354 g/mol. The molecule has 0 aromatic heterocycles. The third-order valence-corrected chi connectivity index (χ3v) is 3.84. The lowest BCUT2D eigenvalue weighted by Crippen LogP contribution is -2.06. The number of anilines is 1. The van der Waals surface area contributed by atoms with E-state index >= 15 is 0 Å². The predicted octanol–water partition coefficient (Wildman–Crippen LogP) is 5.29. The van der Waals surface area contributed by atoms with E-state index in [4.69, 9.17) is 16.9 Å². The van der Waals surface area contributed by atoms with E-state index in [0.29, 0.717) is 15.1 Å². The number of hydrogen-bond acceptors (Lipinski definition) is 2. The molecule has 0 bridgehead atoms. The molecular weight excluding hydrogens is 343 g/mol. The van der Waals surface area contributed by atoms with Crippen molar-refractivity contribution in [3.8, 4) is 6.07 Å². The van der Waals surface area contributed by atoms with Gasteiger partial charge in [-0.2, -0.15) is 5.26 Å². The molecule has 2 aromatic rings. The second-order valence-electron chi connectivity index (χ2n) is 4.35. The summed E-state index contributed by atoms with van der Waals surface area (Å²) in [5.41, 5.74) is 2.19. The van der Waals surface area contributed by atoms with Crippen LogP contribution in [0, 0.1) is 17.1 Å². The van der Waals surface area contributed by atoms with Crippen LogP contribution in [0.1, 0.15) is 24.1 Å². The Labute approximate surface area is 130 Å². The zero-order valence-electron chi connectivity index (χ0n) is 10.6. The zero-order valence-corrected chi connectivity index (χ0v) is 13.0. The smallest absolute Gasteiger partial charge is 0.137 e. The molecule has 0 aliphatic heterocycles. The standard InChI is InChI=1S/C15H11BrClFN2/c1-9(10-3-5-15(18)13(16)6-10)20-12-4-2-11(8-19)14(17)7-12/h2-7,9,20H,1H3. The minimum atomic E-state index is -0.289. The molecule has 0 aliphatic rings. The molecule has 0 heterocycles. The second-order valence-corrected chi connectivity index (χ2v) is 5.61. The molecule has 102 valence electrons. The maximum atomic E-state index is 13.2. The molecular formula is C15H11BrClFN2. The van der Waals surface area contributed by atoms with Crippen LogP contribution in [0.5, 0.6) is 0 Å². The molecule has 2 nitrogen and oxygen atoms in total. The maximum absolute atomic E-state index is 13.2. The molecule has 0 fully saturated rings. The van der Waals surface area contributed by atoms with Crippen LogP contribution < -0.4 is 5.32 Å². The number of hydrogen-bond donors (Lipinski definition) is 1. The van der Waals surface area contributed by atoms with Crippen molar-refractivity contribution >= 4 is 33.2 Å². The quantitative estimate of drug-likeness (QED) is 0.814. The zero-order chi connectivity index (χ0) is 14.7. The van der Waals surface area contributed by atoms with Gasteiger partial charge in [-0.25, -0.2) is 4.39 Å². The van der Waals surface area contributed by atoms with Crippen LogP contribution >= 0.6 is 27.5 Å². The monoisotopic (exact) mass is 352 g/mol. The highest BCUT2D eigenvalue weighted by Crippen LogP contribution is 2.26. The molecule has 1 unspecified atom stereocenters. The van der Waals surface area contributed by atoms with Crippen molar-refractivity contribution < 1.29 is 4.39 Å². The van der Waals surface area contributed by atoms with Crippen LogP contribution in [-0.2, 0) is 0 Å². The average Bonchev–Trinajstić information content (AvgIpc) is 2.42. The lowest BCUT2D eigenvalue weighted by molar-refractivity contribution is 0.619. The Morgan fingerprint density at radius 2 is 2.05 bits per heavy atom. The van der Waals surface area contributed by atoms with E-state index < -0.39 is 0 Å². The minimum absolute atomic E-state index is 0.0177. The van der Waals surface area contributed by atoms with Gasteiger partial charge in [-0.3, -0.25) is 0 Å². The summed E-state index contributed by atoms with van der Waals surface area (Å²) >= 11 is 9.16. The first-order valence-electron chi connectivity index (χ1n) is 5.92. The van der Waals surface area contributed by atoms with Gasteiger partial charge in [-0.1, -0.05) is 17.7 Å².